The third-order valence-electron chi connectivity index (χ3n) is 7.48. The lowest BCUT2D eigenvalue weighted by Gasteiger charge is -2.27. The number of fused-ring (bicyclic) bond motifs is 2. The lowest BCUT2D eigenvalue weighted by molar-refractivity contribution is -0.144. The first kappa shape index (κ1) is 26.2. The third kappa shape index (κ3) is 5.83. The maximum absolute atomic E-state index is 13.2. The van der Waals surface area contributed by atoms with Gasteiger partial charge >= 0.3 is 5.97 Å². The van der Waals surface area contributed by atoms with Gasteiger partial charge in [0.25, 0.3) is 0 Å². The van der Waals surface area contributed by atoms with E-state index in [1.165, 1.54) is 37.1 Å². The van der Waals surface area contributed by atoms with E-state index in [9.17, 15) is 14.4 Å². The highest BCUT2D eigenvalue weighted by Gasteiger charge is 2.31. The van der Waals surface area contributed by atoms with Crippen LogP contribution in [-0.4, -0.2) is 23.6 Å². The zero-order valence-corrected chi connectivity index (χ0v) is 22.5. The van der Waals surface area contributed by atoms with Crippen molar-refractivity contribution >= 4 is 35.4 Å². The zero-order chi connectivity index (χ0) is 26.5. The molecule has 0 heterocycles. The highest BCUT2D eigenvalue weighted by molar-refractivity contribution is 7.99. The summed E-state index contributed by atoms with van der Waals surface area (Å²) in [6, 6.07) is 20.2. The van der Waals surface area contributed by atoms with Crippen LogP contribution in [-0.2, 0) is 9.53 Å². The maximum Gasteiger partial charge on any atom is 0.331 e. The van der Waals surface area contributed by atoms with Gasteiger partial charge in [-0.25, -0.2) is 4.79 Å². The van der Waals surface area contributed by atoms with E-state index in [1.54, 1.807) is 36.4 Å². The molecule has 0 amide bonds. The van der Waals surface area contributed by atoms with Crippen LogP contribution >= 0.6 is 11.8 Å². The molecule has 0 radical (unpaired) electrons. The van der Waals surface area contributed by atoms with Crippen LogP contribution in [0.15, 0.2) is 82.6 Å². The average Bonchev–Trinajstić information content (AvgIpc) is 2.95. The number of carbonyl (C=O) groups excluding carboxylic acids is 3. The molecule has 0 spiro atoms. The summed E-state index contributed by atoms with van der Waals surface area (Å²) in [5, 5.41) is 0. The van der Waals surface area contributed by atoms with Crippen molar-refractivity contribution in [1.82, 2.24) is 0 Å². The smallest absolute Gasteiger partial charge is 0.331 e. The standard InChI is InChI=1S/C33H32O4S/c1-2-3-7-22-12-17-24(18-13-22)37-30(34)21-16-23-14-19-25(20-15-23)38-29-11-6-10-28-31(29)33(36)27-9-5-4-8-26(27)32(28)35/h4-6,8-11,14-16,19-22,24H,2-3,7,12-13,17-18H2,1H3. The van der Waals surface area contributed by atoms with Crippen molar-refractivity contribution in [2.24, 2.45) is 5.92 Å². The van der Waals surface area contributed by atoms with Crippen LogP contribution in [0.5, 0.6) is 0 Å². The number of ketones is 2. The van der Waals surface area contributed by atoms with Crippen LogP contribution in [0.4, 0.5) is 0 Å². The van der Waals surface area contributed by atoms with Gasteiger partial charge in [-0.2, -0.15) is 0 Å². The molecular weight excluding hydrogens is 492 g/mol. The maximum atomic E-state index is 13.2. The monoisotopic (exact) mass is 524 g/mol. The molecule has 4 nitrogen and oxygen atoms in total. The molecule has 5 rings (SSSR count). The summed E-state index contributed by atoms with van der Waals surface area (Å²) < 4.78 is 5.68. The van der Waals surface area contributed by atoms with Gasteiger partial charge in [0.05, 0.1) is 0 Å². The summed E-state index contributed by atoms with van der Waals surface area (Å²) in [5.41, 5.74) is 2.72. The van der Waals surface area contributed by atoms with Crippen molar-refractivity contribution in [1.29, 1.82) is 0 Å². The number of unbranched alkanes of at least 4 members (excludes halogenated alkanes) is 1. The van der Waals surface area contributed by atoms with Crippen molar-refractivity contribution in [2.45, 2.75) is 67.8 Å². The molecule has 0 saturated heterocycles. The van der Waals surface area contributed by atoms with Crippen molar-refractivity contribution in [3.8, 4) is 0 Å². The number of hydrogen-bond donors (Lipinski definition) is 0. The van der Waals surface area contributed by atoms with Gasteiger partial charge in [0.1, 0.15) is 6.10 Å². The Morgan fingerprint density at radius 2 is 1.55 bits per heavy atom. The first-order valence-electron chi connectivity index (χ1n) is 13.5. The predicted octanol–water partition coefficient (Wildman–Crippen LogP) is 7.92. The Morgan fingerprint density at radius 3 is 2.26 bits per heavy atom. The molecule has 1 saturated carbocycles. The average molecular weight is 525 g/mol. The Hall–Kier alpha value is -3.44. The Morgan fingerprint density at radius 1 is 0.868 bits per heavy atom. The van der Waals surface area contributed by atoms with E-state index in [4.69, 9.17) is 4.74 Å². The lowest BCUT2D eigenvalue weighted by atomic mass is 9.84. The van der Waals surface area contributed by atoms with Gasteiger partial charge < -0.3 is 4.74 Å². The Balaban J connectivity index is 1.20. The van der Waals surface area contributed by atoms with E-state index >= 15 is 0 Å². The Bertz CT molecular complexity index is 1360. The largest absolute Gasteiger partial charge is 0.459 e. The molecule has 0 unspecified atom stereocenters. The van der Waals surface area contributed by atoms with Gasteiger partial charge in [0.15, 0.2) is 11.6 Å². The van der Waals surface area contributed by atoms with Crippen molar-refractivity contribution in [2.75, 3.05) is 0 Å². The molecule has 5 heteroatoms. The molecule has 0 atom stereocenters. The first-order valence-corrected chi connectivity index (χ1v) is 14.3. The van der Waals surface area contributed by atoms with E-state index in [2.05, 4.69) is 6.92 Å². The fourth-order valence-corrected chi connectivity index (χ4v) is 6.35. The quantitative estimate of drug-likeness (QED) is 0.173. The van der Waals surface area contributed by atoms with E-state index < -0.39 is 0 Å². The van der Waals surface area contributed by atoms with Crippen LogP contribution < -0.4 is 0 Å². The zero-order valence-electron chi connectivity index (χ0n) is 21.7. The molecule has 2 aliphatic rings. The highest BCUT2D eigenvalue weighted by Crippen LogP contribution is 2.37. The molecule has 0 aliphatic heterocycles. The SMILES string of the molecule is CCCCC1CCC(OC(=O)C=Cc2ccc(Sc3cccc4c3C(=O)c3ccccc3C4=O)cc2)CC1. The first-order chi connectivity index (χ1) is 18.5. The summed E-state index contributed by atoms with van der Waals surface area (Å²) >= 11 is 1.46. The van der Waals surface area contributed by atoms with Crippen LogP contribution in [0.25, 0.3) is 6.08 Å². The summed E-state index contributed by atoms with van der Waals surface area (Å²) in [5.74, 6) is 0.257. The number of benzene rings is 3. The minimum absolute atomic E-state index is 0.0298. The fourth-order valence-electron chi connectivity index (χ4n) is 5.37. The number of ether oxygens (including phenoxy) is 1. The molecule has 0 N–H and O–H groups in total. The Kier molecular flexibility index (Phi) is 8.23. The van der Waals surface area contributed by atoms with Crippen molar-refractivity contribution in [3.63, 3.8) is 0 Å². The summed E-state index contributed by atoms with van der Waals surface area (Å²) in [6.45, 7) is 2.23. The molecule has 38 heavy (non-hydrogen) atoms. The molecule has 3 aromatic carbocycles. The third-order valence-corrected chi connectivity index (χ3v) is 8.54. The second-order valence-corrected chi connectivity index (χ2v) is 11.2. The molecule has 1 fully saturated rings. The van der Waals surface area contributed by atoms with Crippen molar-refractivity contribution < 1.29 is 19.1 Å². The second kappa shape index (κ2) is 12.0. The minimum Gasteiger partial charge on any atom is -0.459 e. The normalized spacial score (nSPS) is 18.8. The van der Waals surface area contributed by atoms with Crippen LogP contribution in [0.3, 0.4) is 0 Å². The van der Waals surface area contributed by atoms with Gasteiger partial charge in [-0.05, 0) is 61.4 Å². The second-order valence-electron chi connectivity index (χ2n) is 10.1. The van der Waals surface area contributed by atoms with E-state index in [1.807, 2.05) is 36.4 Å². The lowest BCUT2D eigenvalue weighted by Crippen LogP contribution is -2.23. The number of carbonyl (C=O) groups is 3. The fraction of sp³-hybridized carbons (Fsp3) is 0.303. The molecule has 0 aromatic heterocycles. The summed E-state index contributed by atoms with van der Waals surface area (Å²) in [4.78, 5) is 40.3. The van der Waals surface area contributed by atoms with Gasteiger partial charge in [-0.1, -0.05) is 86.5 Å². The Labute approximate surface area is 228 Å². The van der Waals surface area contributed by atoms with E-state index in [0.717, 1.165) is 47.0 Å². The number of hydrogen-bond acceptors (Lipinski definition) is 5. The van der Waals surface area contributed by atoms with Crippen LogP contribution in [0.1, 0.15) is 89.3 Å². The van der Waals surface area contributed by atoms with Gasteiger partial charge in [0.2, 0.25) is 0 Å². The van der Waals surface area contributed by atoms with E-state index in [-0.39, 0.29) is 23.6 Å². The molecule has 2 aliphatic carbocycles. The predicted molar refractivity (Wildman–Crippen MR) is 151 cm³/mol. The van der Waals surface area contributed by atoms with Gasteiger partial charge in [-0.3, -0.25) is 9.59 Å². The van der Waals surface area contributed by atoms with Gasteiger partial charge in [-0.15, -0.1) is 0 Å². The summed E-state index contributed by atoms with van der Waals surface area (Å²) in [7, 11) is 0. The molecular formula is C33H32O4S. The molecule has 0 bridgehead atoms. The van der Waals surface area contributed by atoms with Gasteiger partial charge in [0, 0.05) is 38.1 Å². The number of rotatable bonds is 8. The molecule has 194 valence electrons. The number of esters is 1. The minimum atomic E-state index is -0.292. The van der Waals surface area contributed by atoms with Crippen molar-refractivity contribution in [3.05, 3.63) is 101 Å². The molecule has 3 aromatic rings. The highest BCUT2D eigenvalue weighted by atomic mass is 32.2. The van der Waals surface area contributed by atoms with E-state index in [0.29, 0.717) is 22.3 Å². The topological polar surface area (TPSA) is 60.4 Å². The van der Waals surface area contributed by atoms with Crippen LogP contribution in [0.2, 0.25) is 0 Å². The summed E-state index contributed by atoms with van der Waals surface area (Å²) in [6.07, 6.45) is 11.3. The van der Waals surface area contributed by atoms with Crippen LogP contribution in [0, 0.1) is 5.92 Å².